The Morgan fingerprint density at radius 1 is 1.28 bits per heavy atom. The predicted molar refractivity (Wildman–Crippen MR) is 63.3 cm³/mol. The molecule has 1 rings (SSSR count). The van der Waals surface area contributed by atoms with E-state index in [0.717, 1.165) is 0 Å². The molecule has 1 saturated carbocycles. The van der Waals surface area contributed by atoms with Crippen molar-refractivity contribution in [1.82, 2.24) is 0 Å². The monoisotopic (exact) mass is 257 g/mol. The van der Waals surface area contributed by atoms with E-state index in [4.69, 9.17) is 14.7 Å². The Hall–Kier alpha value is -1.59. The molecule has 102 valence electrons. The standard InChI is InChI=1S/C12H19NO5/c1-3-17-11(14)8-5-6-10(13-16)9(7-8)12(15)18-4-2/h8-9,16H,3-7H2,1-2H3. The zero-order valence-electron chi connectivity index (χ0n) is 10.7. The SMILES string of the molecule is CCOC(=O)C1CCC(=NO)C(C(=O)OCC)C1. The van der Waals surface area contributed by atoms with Crippen molar-refractivity contribution in [2.75, 3.05) is 13.2 Å². The minimum Gasteiger partial charge on any atom is -0.466 e. The van der Waals surface area contributed by atoms with Gasteiger partial charge in [0.2, 0.25) is 0 Å². The fourth-order valence-electron chi connectivity index (χ4n) is 2.10. The molecule has 0 aromatic heterocycles. The van der Waals surface area contributed by atoms with E-state index in [1.54, 1.807) is 13.8 Å². The van der Waals surface area contributed by atoms with E-state index in [0.29, 0.717) is 25.2 Å². The number of carbonyl (C=O) groups excluding carboxylic acids is 2. The van der Waals surface area contributed by atoms with Gasteiger partial charge in [0.05, 0.1) is 30.8 Å². The molecule has 18 heavy (non-hydrogen) atoms. The summed E-state index contributed by atoms with van der Waals surface area (Å²) in [5.74, 6) is -1.72. The number of nitrogens with zero attached hydrogens (tertiary/aromatic N) is 1. The smallest absolute Gasteiger partial charge is 0.314 e. The molecule has 0 bridgehead atoms. The van der Waals surface area contributed by atoms with Crippen LogP contribution in [0.1, 0.15) is 33.1 Å². The first-order valence-corrected chi connectivity index (χ1v) is 6.18. The summed E-state index contributed by atoms with van der Waals surface area (Å²) >= 11 is 0. The van der Waals surface area contributed by atoms with Gasteiger partial charge in [0.1, 0.15) is 0 Å². The number of esters is 2. The maximum Gasteiger partial charge on any atom is 0.314 e. The molecule has 0 heterocycles. The second-order valence-corrected chi connectivity index (χ2v) is 4.12. The third-order valence-electron chi connectivity index (χ3n) is 2.99. The average Bonchev–Trinajstić information content (AvgIpc) is 2.38. The maximum atomic E-state index is 11.7. The first kappa shape index (κ1) is 14.5. The molecule has 0 amide bonds. The highest BCUT2D eigenvalue weighted by atomic mass is 16.5. The molecule has 0 saturated heterocycles. The molecule has 1 fully saturated rings. The van der Waals surface area contributed by atoms with Crippen LogP contribution in [0.15, 0.2) is 5.16 Å². The molecule has 1 N–H and O–H groups in total. The molecule has 2 atom stereocenters. The fraction of sp³-hybridized carbons (Fsp3) is 0.750. The van der Waals surface area contributed by atoms with E-state index in [9.17, 15) is 9.59 Å². The normalized spacial score (nSPS) is 25.8. The van der Waals surface area contributed by atoms with Crippen LogP contribution in [-0.2, 0) is 19.1 Å². The summed E-state index contributed by atoms with van der Waals surface area (Å²) in [5, 5.41) is 12.0. The van der Waals surface area contributed by atoms with E-state index < -0.39 is 11.9 Å². The van der Waals surface area contributed by atoms with E-state index in [2.05, 4.69) is 5.16 Å². The Morgan fingerprint density at radius 2 is 1.89 bits per heavy atom. The molecule has 0 aromatic carbocycles. The molecule has 0 aliphatic heterocycles. The zero-order chi connectivity index (χ0) is 13.5. The van der Waals surface area contributed by atoms with Crippen LogP contribution in [0.4, 0.5) is 0 Å². The average molecular weight is 257 g/mol. The summed E-state index contributed by atoms with van der Waals surface area (Å²) < 4.78 is 9.86. The van der Waals surface area contributed by atoms with Gasteiger partial charge in [0, 0.05) is 0 Å². The van der Waals surface area contributed by atoms with Crippen molar-refractivity contribution < 1.29 is 24.3 Å². The third-order valence-corrected chi connectivity index (χ3v) is 2.99. The second-order valence-electron chi connectivity index (χ2n) is 4.12. The Balaban J connectivity index is 2.72. The lowest BCUT2D eigenvalue weighted by Gasteiger charge is -2.26. The molecule has 6 nitrogen and oxygen atoms in total. The summed E-state index contributed by atoms with van der Waals surface area (Å²) in [7, 11) is 0. The highest BCUT2D eigenvalue weighted by molar-refractivity contribution is 6.03. The van der Waals surface area contributed by atoms with E-state index in [-0.39, 0.29) is 24.9 Å². The van der Waals surface area contributed by atoms with Gasteiger partial charge >= 0.3 is 11.9 Å². The van der Waals surface area contributed by atoms with Gasteiger partial charge in [-0.3, -0.25) is 9.59 Å². The minimum absolute atomic E-state index is 0.262. The topological polar surface area (TPSA) is 85.2 Å². The molecule has 0 aromatic rings. The van der Waals surface area contributed by atoms with Crippen LogP contribution < -0.4 is 0 Å². The predicted octanol–water partition coefficient (Wildman–Crippen LogP) is 1.36. The van der Waals surface area contributed by atoms with Crippen molar-refractivity contribution in [2.45, 2.75) is 33.1 Å². The van der Waals surface area contributed by atoms with E-state index in [1.165, 1.54) is 0 Å². The zero-order valence-corrected chi connectivity index (χ0v) is 10.7. The van der Waals surface area contributed by atoms with Gasteiger partial charge < -0.3 is 14.7 Å². The van der Waals surface area contributed by atoms with Crippen molar-refractivity contribution in [1.29, 1.82) is 0 Å². The molecule has 0 radical (unpaired) electrons. The van der Waals surface area contributed by atoms with Crippen molar-refractivity contribution in [2.24, 2.45) is 17.0 Å². The lowest BCUT2D eigenvalue weighted by Crippen LogP contribution is -2.36. The molecular formula is C12H19NO5. The molecule has 1 aliphatic carbocycles. The van der Waals surface area contributed by atoms with Crippen LogP contribution in [0.25, 0.3) is 0 Å². The van der Waals surface area contributed by atoms with Crippen LogP contribution in [0.5, 0.6) is 0 Å². The van der Waals surface area contributed by atoms with Crippen LogP contribution >= 0.6 is 0 Å². The lowest BCUT2D eigenvalue weighted by molar-refractivity contribution is -0.151. The van der Waals surface area contributed by atoms with Crippen molar-refractivity contribution >= 4 is 17.7 Å². The summed E-state index contributed by atoms with van der Waals surface area (Å²) in [6, 6.07) is 0. The third kappa shape index (κ3) is 3.45. The number of hydrogen-bond acceptors (Lipinski definition) is 6. The Morgan fingerprint density at radius 3 is 2.44 bits per heavy atom. The van der Waals surface area contributed by atoms with Gasteiger partial charge in [-0.2, -0.15) is 0 Å². The maximum absolute atomic E-state index is 11.7. The Kier molecular flexibility index (Phi) is 5.61. The van der Waals surface area contributed by atoms with Gasteiger partial charge in [0.15, 0.2) is 0 Å². The Labute approximate surface area is 106 Å². The first-order valence-electron chi connectivity index (χ1n) is 6.18. The minimum atomic E-state index is -0.641. The van der Waals surface area contributed by atoms with Gasteiger partial charge in [-0.1, -0.05) is 5.16 Å². The number of oxime groups is 1. The van der Waals surface area contributed by atoms with Crippen molar-refractivity contribution in [3.05, 3.63) is 0 Å². The summed E-state index contributed by atoms with van der Waals surface area (Å²) in [6.45, 7) is 4.03. The van der Waals surface area contributed by atoms with Crippen molar-refractivity contribution in [3.8, 4) is 0 Å². The van der Waals surface area contributed by atoms with Crippen LogP contribution in [0.3, 0.4) is 0 Å². The van der Waals surface area contributed by atoms with Crippen LogP contribution in [-0.4, -0.2) is 36.1 Å². The van der Waals surface area contributed by atoms with Gasteiger partial charge in [0.25, 0.3) is 0 Å². The molecule has 6 heteroatoms. The number of carbonyl (C=O) groups is 2. The number of ether oxygens (including phenoxy) is 2. The van der Waals surface area contributed by atoms with Crippen molar-refractivity contribution in [3.63, 3.8) is 0 Å². The summed E-state index contributed by atoms with van der Waals surface area (Å²) in [4.78, 5) is 23.4. The fourth-order valence-corrected chi connectivity index (χ4v) is 2.10. The van der Waals surface area contributed by atoms with E-state index in [1.807, 2.05) is 0 Å². The summed E-state index contributed by atoms with van der Waals surface area (Å²) in [6.07, 6.45) is 1.23. The van der Waals surface area contributed by atoms with Crippen LogP contribution in [0.2, 0.25) is 0 Å². The van der Waals surface area contributed by atoms with Gasteiger partial charge in [-0.15, -0.1) is 0 Å². The highest BCUT2D eigenvalue weighted by Gasteiger charge is 2.37. The highest BCUT2D eigenvalue weighted by Crippen LogP contribution is 2.29. The molecule has 2 unspecified atom stereocenters. The van der Waals surface area contributed by atoms with E-state index >= 15 is 0 Å². The quantitative estimate of drug-likeness (QED) is 0.467. The van der Waals surface area contributed by atoms with Crippen LogP contribution in [0, 0.1) is 11.8 Å². The lowest BCUT2D eigenvalue weighted by atomic mass is 9.80. The molecule has 0 spiro atoms. The van der Waals surface area contributed by atoms with Gasteiger partial charge in [-0.25, -0.2) is 0 Å². The molecule has 1 aliphatic rings. The largest absolute Gasteiger partial charge is 0.466 e. The number of rotatable bonds is 4. The Bertz CT molecular complexity index is 339. The number of hydrogen-bond donors (Lipinski definition) is 1. The molecular weight excluding hydrogens is 238 g/mol. The second kappa shape index (κ2) is 6.98. The van der Waals surface area contributed by atoms with Gasteiger partial charge in [-0.05, 0) is 33.1 Å². The first-order chi connectivity index (χ1) is 8.63. The summed E-state index contributed by atoms with van der Waals surface area (Å²) in [5.41, 5.74) is 0.383.